The zero-order valence-corrected chi connectivity index (χ0v) is 15.5. The first-order valence-electron chi connectivity index (χ1n) is 6.86. The molecule has 6 nitrogen and oxygen atoms in total. The third kappa shape index (κ3) is 3.35. The van der Waals surface area contributed by atoms with E-state index in [0.29, 0.717) is 15.9 Å². The molecule has 1 atom stereocenters. The van der Waals surface area contributed by atoms with E-state index in [9.17, 15) is 13.2 Å². The molecule has 2 aromatic carbocycles. The quantitative estimate of drug-likeness (QED) is 0.777. The molecule has 1 aliphatic heterocycles. The van der Waals surface area contributed by atoms with E-state index in [-0.39, 0.29) is 21.5 Å². The number of nitrogens with one attached hydrogen (secondary N) is 2. The van der Waals surface area contributed by atoms with E-state index in [1.54, 1.807) is 25.1 Å². The molecular weight excluding hydrogens is 420 g/mol. The van der Waals surface area contributed by atoms with E-state index >= 15 is 0 Å². The normalized spacial score (nSPS) is 16.8. The molecule has 1 aliphatic rings. The van der Waals surface area contributed by atoms with Gasteiger partial charge in [0.1, 0.15) is 10.6 Å². The van der Waals surface area contributed by atoms with Gasteiger partial charge in [-0.05, 0) is 43.3 Å². The van der Waals surface area contributed by atoms with Crippen LogP contribution in [0.3, 0.4) is 0 Å². The average Bonchev–Trinajstić information content (AvgIpc) is 2.48. The van der Waals surface area contributed by atoms with Crippen LogP contribution in [0.5, 0.6) is 5.75 Å². The fourth-order valence-corrected chi connectivity index (χ4v) is 4.26. The van der Waals surface area contributed by atoms with Gasteiger partial charge in [-0.2, -0.15) is 0 Å². The highest BCUT2D eigenvalue weighted by atomic mass is 79.9. The Morgan fingerprint density at radius 2 is 2.00 bits per heavy atom. The maximum Gasteiger partial charge on any atom is 0.265 e. The van der Waals surface area contributed by atoms with Gasteiger partial charge in [-0.25, -0.2) is 8.42 Å². The summed E-state index contributed by atoms with van der Waals surface area (Å²) < 4.78 is 33.5. The fourth-order valence-electron chi connectivity index (χ4n) is 2.18. The second kappa shape index (κ2) is 6.27. The largest absolute Gasteiger partial charge is 0.479 e. The molecule has 1 amide bonds. The molecule has 2 N–H and O–H groups in total. The monoisotopic (exact) mass is 430 g/mol. The van der Waals surface area contributed by atoms with E-state index in [0.717, 1.165) is 0 Å². The van der Waals surface area contributed by atoms with Gasteiger partial charge in [0, 0.05) is 4.47 Å². The van der Waals surface area contributed by atoms with Gasteiger partial charge in [0.2, 0.25) is 0 Å². The van der Waals surface area contributed by atoms with Gasteiger partial charge in [-0.3, -0.25) is 9.52 Å². The molecule has 0 aliphatic carbocycles. The molecule has 0 spiro atoms. The lowest BCUT2D eigenvalue weighted by Gasteiger charge is -2.23. The molecule has 0 bridgehead atoms. The minimum atomic E-state index is -3.87. The molecular formula is C15H12BrClN2O4S. The first-order valence-corrected chi connectivity index (χ1v) is 9.51. The van der Waals surface area contributed by atoms with Crippen LogP contribution in [0.25, 0.3) is 0 Å². The van der Waals surface area contributed by atoms with Crippen molar-refractivity contribution in [3.8, 4) is 5.75 Å². The fraction of sp³-hybridized carbons (Fsp3) is 0.133. The Morgan fingerprint density at radius 1 is 1.25 bits per heavy atom. The van der Waals surface area contributed by atoms with Crippen LogP contribution in [0.1, 0.15) is 6.92 Å². The SMILES string of the molecule is CC1Oc2ccc(NS(=O)(=O)c3ccc(Br)cc3Cl)cc2NC1=O. The smallest absolute Gasteiger partial charge is 0.265 e. The molecule has 1 heterocycles. The van der Waals surface area contributed by atoms with Crippen LogP contribution >= 0.6 is 27.5 Å². The lowest BCUT2D eigenvalue weighted by molar-refractivity contribution is -0.122. The number of anilines is 2. The molecule has 0 saturated heterocycles. The third-order valence-electron chi connectivity index (χ3n) is 3.35. The number of fused-ring (bicyclic) bond motifs is 1. The highest BCUT2D eigenvalue weighted by molar-refractivity contribution is 9.10. The van der Waals surface area contributed by atoms with Gasteiger partial charge >= 0.3 is 0 Å². The van der Waals surface area contributed by atoms with Gasteiger partial charge < -0.3 is 10.1 Å². The van der Waals surface area contributed by atoms with Crippen LogP contribution in [0, 0.1) is 0 Å². The number of hydrogen-bond donors (Lipinski definition) is 2. The Morgan fingerprint density at radius 3 is 2.71 bits per heavy atom. The Balaban J connectivity index is 1.91. The lowest BCUT2D eigenvalue weighted by Crippen LogP contribution is -2.34. The first kappa shape index (κ1) is 17.1. The van der Waals surface area contributed by atoms with Crippen molar-refractivity contribution in [1.82, 2.24) is 0 Å². The molecule has 0 aromatic heterocycles. The number of carbonyl (C=O) groups is 1. The number of sulfonamides is 1. The van der Waals surface area contributed by atoms with E-state index in [4.69, 9.17) is 16.3 Å². The molecule has 0 fully saturated rings. The summed E-state index contributed by atoms with van der Waals surface area (Å²) in [7, 11) is -3.87. The van der Waals surface area contributed by atoms with Crippen molar-refractivity contribution < 1.29 is 17.9 Å². The van der Waals surface area contributed by atoms with Crippen LogP contribution in [-0.4, -0.2) is 20.4 Å². The minimum absolute atomic E-state index is 0.0426. The summed E-state index contributed by atoms with van der Waals surface area (Å²) in [5.74, 6) is 0.185. The van der Waals surface area contributed by atoms with Crippen molar-refractivity contribution in [3.05, 3.63) is 45.9 Å². The number of hydrogen-bond acceptors (Lipinski definition) is 4. The molecule has 9 heteroatoms. The average molecular weight is 432 g/mol. The van der Waals surface area contributed by atoms with Crippen LogP contribution in [0.15, 0.2) is 45.8 Å². The number of halogens is 2. The molecule has 3 rings (SSSR count). The number of carbonyl (C=O) groups excluding carboxylic acids is 1. The Bertz CT molecular complexity index is 933. The molecule has 126 valence electrons. The maximum atomic E-state index is 12.5. The zero-order valence-electron chi connectivity index (χ0n) is 12.3. The topological polar surface area (TPSA) is 84.5 Å². The van der Waals surface area contributed by atoms with E-state index in [1.165, 1.54) is 18.2 Å². The van der Waals surface area contributed by atoms with Crippen molar-refractivity contribution in [2.75, 3.05) is 10.0 Å². The Hall–Kier alpha value is -1.77. The Kier molecular flexibility index (Phi) is 4.46. The van der Waals surface area contributed by atoms with Crippen LogP contribution in [0.2, 0.25) is 5.02 Å². The minimum Gasteiger partial charge on any atom is -0.479 e. The number of benzene rings is 2. The van der Waals surface area contributed by atoms with Gasteiger partial charge in [0.15, 0.2) is 6.10 Å². The summed E-state index contributed by atoms with van der Waals surface area (Å²) in [6.07, 6.45) is -0.596. The summed E-state index contributed by atoms with van der Waals surface area (Å²) in [6.45, 7) is 1.63. The number of rotatable bonds is 3. The van der Waals surface area contributed by atoms with Gasteiger partial charge in [0.05, 0.1) is 16.4 Å². The van der Waals surface area contributed by atoms with Crippen molar-refractivity contribution in [1.29, 1.82) is 0 Å². The summed E-state index contributed by atoms with van der Waals surface area (Å²) in [5, 5.41) is 2.76. The molecule has 1 unspecified atom stereocenters. The van der Waals surface area contributed by atoms with Gasteiger partial charge in [-0.15, -0.1) is 0 Å². The van der Waals surface area contributed by atoms with Crippen LogP contribution < -0.4 is 14.8 Å². The lowest BCUT2D eigenvalue weighted by atomic mass is 10.2. The van der Waals surface area contributed by atoms with Crippen molar-refractivity contribution >= 4 is 54.8 Å². The summed E-state index contributed by atoms with van der Waals surface area (Å²) >= 11 is 9.23. The van der Waals surface area contributed by atoms with Crippen LogP contribution in [-0.2, 0) is 14.8 Å². The molecule has 24 heavy (non-hydrogen) atoms. The van der Waals surface area contributed by atoms with Crippen molar-refractivity contribution in [3.63, 3.8) is 0 Å². The van der Waals surface area contributed by atoms with Crippen molar-refractivity contribution in [2.24, 2.45) is 0 Å². The second-order valence-electron chi connectivity index (χ2n) is 5.14. The van der Waals surface area contributed by atoms with Crippen LogP contribution in [0.4, 0.5) is 11.4 Å². The van der Waals surface area contributed by atoms with E-state index < -0.39 is 16.1 Å². The Labute approximate surface area is 152 Å². The highest BCUT2D eigenvalue weighted by Gasteiger charge is 2.24. The predicted octanol–water partition coefficient (Wildman–Crippen LogP) is 3.62. The molecule has 0 saturated carbocycles. The summed E-state index contributed by atoms with van der Waals surface area (Å²) in [6, 6.07) is 9.12. The van der Waals surface area contributed by atoms with E-state index in [1.807, 2.05) is 0 Å². The van der Waals surface area contributed by atoms with Gasteiger partial charge in [-0.1, -0.05) is 27.5 Å². The standard InChI is InChI=1S/C15H12BrClN2O4S/c1-8-15(20)18-12-7-10(3-4-13(12)23-8)19-24(21,22)14-5-2-9(16)6-11(14)17/h2-8,19H,1H3,(H,18,20). The van der Waals surface area contributed by atoms with Crippen molar-refractivity contribution in [2.45, 2.75) is 17.9 Å². The maximum absolute atomic E-state index is 12.5. The van der Waals surface area contributed by atoms with Gasteiger partial charge in [0.25, 0.3) is 15.9 Å². The number of ether oxygens (including phenoxy) is 1. The number of amides is 1. The predicted molar refractivity (Wildman–Crippen MR) is 95.1 cm³/mol. The third-order valence-corrected chi connectivity index (χ3v) is 5.70. The molecule has 2 aromatic rings. The molecule has 0 radical (unpaired) electrons. The first-order chi connectivity index (χ1) is 11.3. The second-order valence-corrected chi connectivity index (χ2v) is 8.11. The highest BCUT2D eigenvalue weighted by Crippen LogP contribution is 2.33. The summed E-state index contributed by atoms with van der Waals surface area (Å²) in [4.78, 5) is 11.6. The zero-order chi connectivity index (χ0) is 17.5. The summed E-state index contributed by atoms with van der Waals surface area (Å²) in [5.41, 5.74) is 0.686. The van der Waals surface area contributed by atoms with E-state index in [2.05, 4.69) is 26.0 Å².